The normalized spacial score (nSPS) is 14.3. The molecular formula is C20H28ClN7O2. The van der Waals surface area contributed by atoms with E-state index in [1.165, 1.54) is 0 Å². The molecule has 0 aliphatic carbocycles. The molecule has 0 bridgehead atoms. The summed E-state index contributed by atoms with van der Waals surface area (Å²) in [5.74, 6) is 2.22. The Morgan fingerprint density at radius 1 is 1.10 bits per heavy atom. The number of hydrogen-bond acceptors (Lipinski definition) is 8. The molecule has 1 aliphatic heterocycles. The van der Waals surface area contributed by atoms with E-state index in [0.717, 1.165) is 67.6 Å². The van der Waals surface area contributed by atoms with Crippen molar-refractivity contribution in [3.8, 4) is 5.75 Å². The lowest BCUT2D eigenvalue weighted by atomic mass is 10.2. The van der Waals surface area contributed by atoms with E-state index in [2.05, 4.69) is 25.6 Å². The van der Waals surface area contributed by atoms with Crippen LogP contribution in [0.4, 0.5) is 11.8 Å². The number of fused-ring (bicyclic) bond motifs is 1. The number of hydrogen-bond donors (Lipinski definition) is 2. The van der Waals surface area contributed by atoms with Crippen LogP contribution in [0.5, 0.6) is 5.75 Å². The van der Waals surface area contributed by atoms with Gasteiger partial charge in [-0.3, -0.25) is 9.58 Å². The van der Waals surface area contributed by atoms with Crippen LogP contribution in [0, 0.1) is 0 Å². The Morgan fingerprint density at radius 2 is 1.87 bits per heavy atom. The summed E-state index contributed by atoms with van der Waals surface area (Å²) >= 11 is 0. The molecule has 1 saturated heterocycles. The molecule has 162 valence electrons. The van der Waals surface area contributed by atoms with E-state index in [0.29, 0.717) is 12.5 Å². The van der Waals surface area contributed by atoms with Crippen molar-refractivity contribution in [3.63, 3.8) is 0 Å². The second-order valence-corrected chi connectivity index (χ2v) is 6.98. The van der Waals surface area contributed by atoms with Gasteiger partial charge in [0.05, 0.1) is 31.9 Å². The molecule has 2 N–H and O–H groups in total. The molecule has 0 radical (unpaired) electrons. The first-order chi connectivity index (χ1) is 14.2. The van der Waals surface area contributed by atoms with E-state index in [9.17, 15) is 0 Å². The fourth-order valence-corrected chi connectivity index (χ4v) is 3.32. The molecule has 0 amide bonds. The molecule has 2 aromatic heterocycles. The van der Waals surface area contributed by atoms with E-state index < -0.39 is 0 Å². The number of ether oxygens (including phenoxy) is 2. The maximum Gasteiger partial charge on any atom is 0.226 e. The first kappa shape index (κ1) is 22.1. The van der Waals surface area contributed by atoms with Gasteiger partial charge in [0.15, 0.2) is 5.65 Å². The maximum atomic E-state index is 5.40. The third kappa shape index (κ3) is 5.29. The molecule has 3 heterocycles. The maximum absolute atomic E-state index is 5.40. The molecule has 30 heavy (non-hydrogen) atoms. The zero-order chi connectivity index (χ0) is 20.1. The van der Waals surface area contributed by atoms with Crippen molar-refractivity contribution in [1.82, 2.24) is 24.6 Å². The van der Waals surface area contributed by atoms with Gasteiger partial charge >= 0.3 is 0 Å². The predicted octanol–water partition coefficient (Wildman–Crippen LogP) is 2.15. The third-order valence-electron chi connectivity index (χ3n) is 5.03. The Hall–Kier alpha value is -2.62. The van der Waals surface area contributed by atoms with Crippen LogP contribution in [0.15, 0.2) is 30.5 Å². The molecule has 9 nitrogen and oxygen atoms in total. The van der Waals surface area contributed by atoms with Crippen molar-refractivity contribution < 1.29 is 9.47 Å². The number of halogens is 1. The van der Waals surface area contributed by atoms with Crippen LogP contribution in [-0.2, 0) is 18.3 Å². The van der Waals surface area contributed by atoms with Crippen LogP contribution in [0.1, 0.15) is 5.56 Å². The highest BCUT2D eigenvalue weighted by molar-refractivity contribution is 5.87. The van der Waals surface area contributed by atoms with Crippen molar-refractivity contribution in [2.45, 2.75) is 6.54 Å². The van der Waals surface area contributed by atoms with E-state index in [4.69, 9.17) is 14.5 Å². The summed E-state index contributed by atoms with van der Waals surface area (Å²) < 4.78 is 12.4. The Labute approximate surface area is 182 Å². The third-order valence-corrected chi connectivity index (χ3v) is 5.03. The SMILES string of the molecule is COc1ccc(CNc2nc(NCCN3CCOCC3)nc3c2cnn3C)cc1.Cl. The summed E-state index contributed by atoms with van der Waals surface area (Å²) in [6, 6.07) is 7.98. The zero-order valence-electron chi connectivity index (χ0n) is 17.3. The minimum atomic E-state index is 0. The molecule has 0 atom stereocenters. The van der Waals surface area contributed by atoms with Gasteiger partial charge in [-0.15, -0.1) is 12.4 Å². The van der Waals surface area contributed by atoms with E-state index in [1.807, 2.05) is 31.3 Å². The number of nitrogens with zero attached hydrogens (tertiary/aromatic N) is 5. The molecule has 0 unspecified atom stereocenters. The minimum Gasteiger partial charge on any atom is -0.497 e. The summed E-state index contributed by atoms with van der Waals surface area (Å²) in [6.07, 6.45) is 1.79. The number of aromatic nitrogens is 4. The molecule has 1 aliphatic rings. The largest absolute Gasteiger partial charge is 0.497 e. The van der Waals surface area contributed by atoms with Crippen molar-refractivity contribution in [2.75, 3.05) is 57.1 Å². The molecule has 0 spiro atoms. The van der Waals surface area contributed by atoms with Crippen LogP contribution >= 0.6 is 12.4 Å². The molecule has 3 aromatic rings. The Balaban J connectivity index is 0.00000256. The number of aryl methyl sites for hydroxylation is 1. The Bertz CT molecular complexity index is 942. The summed E-state index contributed by atoms with van der Waals surface area (Å²) in [5, 5.41) is 12.0. The quantitative estimate of drug-likeness (QED) is 0.558. The van der Waals surface area contributed by atoms with Gasteiger partial charge in [-0.2, -0.15) is 15.1 Å². The number of benzene rings is 1. The van der Waals surface area contributed by atoms with E-state index >= 15 is 0 Å². The van der Waals surface area contributed by atoms with Gasteiger partial charge in [0.25, 0.3) is 0 Å². The van der Waals surface area contributed by atoms with Crippen molar-refractivity contribution >= 4 is 35.2 Å². The number of morpholine rings is 1. The highest BCUT2D eigenvalue weighted by Gasteiger charge is 2.13. The number of nitrogens with one attached hydrogen (secondary N) is 2. The first-order valence-corrected chi connectivity index (χ1v) is 9.83. The van der Waals surface area contributed by atoms with Gasteiger partial charge in [0.1, 0.15) is 11.6 Å². The number of methoxy groups -OCH3 is 1. The zero-order valence-corrected chi connectivity index (χ0v) is 18.1. The highest BCUT2D eigenvalue weighted by atomic mass is 35.5. The summed E-state index contributed by atoms with van der Waals surface area (Å²) in [7, 11) is 3.56. The lowest BCUT2D eigenvalue weighted by Gasteiger charge is -2.26. The second kappa shape index (κ2) is 10.4. The van der Waals surface area contributed by atoms with Crippen molar-refractivity contribution in [1.29, 1.82) is 0 Å². The second-order valence-electron chi connectivity index (χ2n) is 6.98. The Morgan fingerprint density at radius 3 is 2.60 bits per heavy atom. The van der Waals surface area contributed by atoms with Crippen LogP contribution in [-0.4, -0.2) is 71.2 Å². The smallest absolute Gasteiger partial charge is 0.226 e. The van der Waals surface area contributed by atoms with Gasteiger partial charge in [-0.25, -0.2) is 0 Å². The summed E-state index contributed by atoms with van der Waals surface area (Å²) in [4.78, 5) is 11.7. The van der Waals surface area contributed by atoms with Crippen molar-refractivity contribution in [2.24, 2.45) is 7.05 Å². The predicted molar refractivity (Wildman–Crippen MR) is 120 cm³/mol. The highest BCUT2D eigenvalue weighted by Crippen LogP contribution is 2.22. The van der Waals surface area contributed by atoms with Gasteiger partial charge < -0.3 is 20.1 Å². The van der Waals surface area contributed by atoms with Gasteiger partial charge in [-0.1, -0.05) is 12.1 Å². The van der Waals surface area contributed by atoms with E-state index in [-0.39, 0.29) is 12.4 Å². The number of anilines is 2. The lowest BCUT2D eigenvalue weighted by Crippen LogP contribution is -2.39. The molecule has 4 rings (SSSR count). The Kier molecular flexibility index (Phi) is 7.67. The first-order valence-electron chi connectivity index (χ1n) is 9.83. The van der Waals surface area contributed by atoms with Crippen LogP contribution in [0.2, 0.25) is 0 Å². The molecule has 10 heteroatoms. The fraction of sp³-hybridized carbons (Fsp3) is 0.450. The topological polar surface area (TPSA) is 89.4 Å². The standard InChI is InChI=1S/C20H27N7O2.ClH/c1-26-19-17(14-23-26)18(22-13-15-3-5-16(28-2)6-4-15)24-20(25-19)21-7-8-27-9-11-29-12-10-27;/h3-6,14H,7-13H2,1-2H3,(H2,21,22,24,25);1H. The minimum absolute atomic E-state index is 0. The van der Waals surface area contributed by atoms with Crippen LogP contribution in [0.3, 0.4) is 0 Å². The molecule has 0 saturated carbocycles. The van der Waals surface area contributed by atoms with Crippen molar-refractivity contribution in [3.05, 3.63) is 36.0 Å². The monoisotopic (exact) mass is 433 g/mol. The lowest BCUT2D eigenvalue weighted by molar-refractivity contribution is 0.0398. The molecule has 1 aromatic carbocycles. The van der Waals surface area contributed by atoms with Gasteiger partial charge in [-0.05, 0) is 17.7 Å². The van der Waals surface area contributed by atoms with Crippen LogP contribution in [0.25, 0.3) is 11.0 Å². The summed E-state index contributed by atoms with van der Waals surface area (Å²) in [5.41, 5.74) is 1.94. The molecular weight excluding hydrogens is 406 g/mol. The molecule has 1 fully saturated rings. The number of rotatable bonds is 8. The van der Waals surface area contributed by atoms with Crippen LogP contribution < -0.4 is 15.4 Å². The summed E-state index contributed by atoms with van der Waals surface area (Å²) in [6.45, 7) is 5.91. The average Bonchev–Trinajstić information content (AvgIpc) is 3.14. The van der Waals surface area contributed by atoms with Gasteiger partial charge in [0.2, 0.25) is 5.95 Å². The van der Waals surface area contributed by atoms with E-state index in [1.54, 1.807) is 18.0 Å². The average molecular weight is 434 g/mol. The van der Waals surface area contributed by atoms with Gasteiger partial charge in [0, 0.05) is 39.8 Å². The fourth-order valence-electron chi connectivity index (χ4n) is 3.32.